The predicted octanol–water partition coefficient (Wildman–Crippen LogP) is 5.41. The van der Waals surface area contributed by atoms with Crippen molar-refractivity contribution in [3.05, 3.63) is 64.7 Å². The van der Waals surface area contributed by atoms with Crippen LogP contribution in [-0.4, -0.2) is 51.6 Å². The van der Waals surface area contributed by atoms with Gasteiger partial charge in [0, 0.05) is 33.7 Å². The van der Waals surface area contributed by atoms with Crippen LogP contribution < -0.4 is 0 Å². The molecule has 26 heavy (non-hydrogen) atoms. The number of aromatic nitrogens is 2. The van der Waals surface area contributed by atoms with E-state index in [2.05, 4.69) is 72.4 Å². The molecule has 0 radical (unpaired) electrons. The van der Waals surface area contributed by atoms with Crippen LogP contribution in [0.3, 0.4) is 0 Å². The van der Waals surface area contributed by atoms with E-state index in [1.807, 2.05) is 35.8 Å². The average Bonchev–Trinajstić information content (AvgIpc) is 3.01. The summed E-state index contributed by atoms with van der Waals surface area (Å²) in [5.74, 6) is 0. The van der Waals surface area contributed by atoms with Crippen LogP contribution in [0.5, 0.6) is 0 Å². The Kier molecular flexibility index (Phi) is 17.5. The van der Waals surface area contributed by atoms with E-state index in [0.717, 1.165) is 8.95 Å². The SMILES string of the molecule is Brc1cccnc1.Brc1cccnc1.CN1[CH-]N(C)CC1.C[CH]=[Ru]([Cl])[Cl]. The second kappa shape index (κ2) is 17.4. The van der Waals surface area contributed by atoms with Crippen LogP contribution in [0.15, 0.2) is 58.0 Å². The molecule has 2 aromatic heterocycles. The molecule has 3 heterocycles. The fourth-order valence-electron chi connectivity index (χ4n) is 1.45. The summed E-state index contributed by atoms with van der Waals surface area (Å²) in [6.45, 7) is 6.34. The van der Waals surface area contributed by atoms with Gasteiger partial charge >= 0.3 is 44.4 Å². The summed E-state index contributed by atoms with van der Waals surface area (Å²) in [4.78, 5) is 12.0. The summed E-state index contributed by atoms with van der Waals surface area (Å²) in [7, 11) is 14.8. The van der Waals surface area contributed by atoms with Crippen molar-refractivity contribution >= 4 is 55.9 Å². The molecule has 1 fully saturated rings. The van der Waals surface area contributed by atoms with E-state index < -0.39 is 13.5 Å². The standard InChI is InChI=1S/2C5H4BrN.C5H11N2.C2H4.2ClH.Ru/c2*6-5-2-1-3-7-4-5;1-6-3-4-7(2)5-6;1-2;;;/h2*1-4H;5H,3-4H2,1-2H3;1H,2H3;2*1H;/q;;-1;;;;+2/p-2. The van der Waals surface area contributed by atoms with Gasteiger partial charge < -0.3 is 9.80 Å². The maximum absolute atomic E-state index is 5.32. The molecule has 0 amide bonds. The molecule has 0 saturated carbocycles. The van der Waals surface area contributed by atoms with E-state index >= 15 is 0 Å². The van der Waals surface area contributed by atoms with Crippen molar-refractivity contribution < 1.29 is 13.5 Å². The van der Waals surface area contributed by atoms with E-state index in [4.69, 9.17) is 19.4 Å². The molecule has 0 aliphatic carbocycles. The van der Waals surface area contributed by atoms with Crippen LogP contribution >= 0.6 is 51.2 Å². The third-order valence-corrected chi connectivity index (χ3v) is 6.13. The molecule has 0 spiro atoms. The van der Waals surface area contributed by atoms with Crippen molar-refractivity contribution in [1.29, 1.82) is 0 Å². The van der Waals surface area contributed by atoms with Gasteiger partial charge in [0.05, 0.1) is 0 Å². The Morgan fingerprint density at radius 1 is 1.00 bits per heavy atom. The third kappa shape index (κ3) is 17.7. The number of halogens is 4. The zero-order chi connectivity index (χ0) is 19.8. The van der Waals surface area contributed by atoms with Crippen molar-refractivity contribution in [3.63, 3.8) is 0 Å². The Balaban J connectivity index is 0.000000324. The van der Waals surface area contributed by atoms with E-state index in [1.165, 1.54) is 13.1 Å². The molecule has 0 N–H and O–H groups in total. The first-order chi connectivity index (χ1) is 12.3. The topological polar surface area (TPSA) is 32.3 Å². The Labute approximate surface area is 186 Å². The number of rotatable bonds is 0. The third-order valence-electron chi connectivity index (χ3n) is 2.60. The van der Waals surface area contributed by atoms with Gasteiger partial charge in [-0.25, -0.2) is 6.67 Å². The summed E-state index contributed by atoms with van der Waals surface area (Å²) >= 11 is 5.13. The van der Waals surface area contributed by atoms with Crippen molar-refractivity contribution in [2.75, 3.05) is 27.2 Å². The van der Waals surface area contributed by atoms with E-state index in [0.29, 0.717) is 0 Å². The molecule has 0 bridgehead atoms. The van der Waals surface area contributed by atoms with Gasteiger partial charge in [0.1, 0.15) is 0 Å². The van der Waals surface area contributed by atoms with Crippen LogP contribution in [0.25, 0.3) is 0 Å². The fraction of sp³-hybridized carbons (Fsp3) is 0.294. The van der Waals surface area contributed by atoms with E-state index in [9.17, 15) is 0 Å². The molecule has 1 saturated heterocycles. The van der Waals surface area contributed by atoms with Gasteiger partial charge in [0.2, 0.25) is 0 Å². The average molecular weight is 615 g/mol. The van der Waals surface area contributed by atoms with Crippen molar-refractivity contribution in [1.82, 2.24) is 19.8 Å². The first-order valence-corrected chi connectivity index (χ1v) is 14.6. The summed E-state index contributed by atoms with van der Waals surface area (Å²) < 4.78 is 3.89. The van der Waals surface area contributed by atoms with Crippen LogP contribution in [-0.2, 0) is 13.5 Å². The molecule has 4 nitrogen and oxygen atoms in total. The zero-order valence-corrected chi connectivity index (χ0v) is 21.3. The van der Waals surface area contributed by atoms with Crippen LogP contribution in [0.1, 0.15) is 6.92 Å². The number of hydrogen-bond donors (Lipinski definition) is 0. The van der Waals surface area contributed by atoms with Crippen LogP contribution in [0.4, 0.5) is 0 Å². The second-order valence-corrected chi connectivity index (χ2v) is 12.9. The Bertz CT molecular complexity index is 557. The molecule has 0 atom stereocenters. The number of hydrogen-bond acceptors (Lipinski definition) is 4. The van der Waals surface area contributed by atoms with Gasteiger partial charge in [-0.1, -0.05) is 0 Å². The molecular formula is C17H23Br2Cl2N4Ru-. The molecule has 148 valence electrons. The van der Waals surface area contributed by atoms with Crippen LogP contribution in [0.2, 0.25) is 0 Å². The molecule has 2 aromatic rings. The van der Waals surface area contributed by atoms with Crippen LogP contribution in [0, 0.1) is 6.67 Å². The van der Waals surface area contributed by atoms with Gasteiger partial charge in [0.15, 0.2) is 0 Å². The number of nitrogens with zero attached hydrogens (tertiary/aromatic N) is 4. The molecule has 0 unspecified atom stereocenters. The zero-order valence-electron chi connectivity index (χ0n) is 14.8. The molecule has 1 aliphatic heterocycles. The van der Waals surface area contributed by atoms with Gasteiger partial charge in [-0.15, -0.1) is 0 Å². The van der Waals surface area contributed by atoms with Crippen molar-refractivity contribution in [2.24, 2.45) is 0 Å². The van der Waals surface area contributed by atoms with Gasteiger partial charge in [-0.3, -0.25) is 9.97 Å². The first-order valence-electron chi connectivity index (χ1n) is 7.49. The molecule has 1 aliphatic rings. The summed E-state index contributed by atoms with van der Waals surface area (Å²) in [5, 5.41) is 0. The quantitative estimate of drug-likeness (QED) is 0.294. The Hall–Kier alpha value is 0.253. The molecule has 9 heteroatoms. The van der Waals surface area contributed by atoms with Crippen molar-refractivity contribution in [3.8, 4) is 0 Å². The summed E-state index contributed by atoms with van der Waals surface area (Å²) in [5.41, 5.74) is 0. The van der Waals surface area contributed by atoms with E-state index in [1.54, 1.807) is 24.8 Å². The van der Waals surface area contributed by atoms with E-state index in [-0.39, 0.29) is 0 Å². The Morgan fingerprint density at radius 2 is 1.38 bits per heavy atom. The predicted molar refractivity (Wildman–Crippen MR) is 117 cm³/mol. The van der Waals surface area contributed by atoms with Gasteiger partial charge in [-0.2, -0.15) is 0 Å². The number of pyridine rings is 2. The minimum atomic E-state index is -1.36. The molecular weight excluding hydrogens is 592 g/mol. The van der Waals surface area contributed by atoms with Gasteiger partial charge in [0.25, 0.3) is 0 Å². The second-order valence-electron chi connectivity index (χ2n) is 4.83. The Morgan fingerprint density at radius 3 is 1.50 bits per heavy atom. The first kappa shape index (κ1) is 26.3. The summed E-state index contributed by atoms with van der Waals surface area (Å²) in [6, 6.07) is 7.63. The molecule has 3 rings (SSSR count). The molecule has 0 aromatic carbocycles. The minimum absolute atomic E-state index is 1.02. The fourth-order valence-corrected chi connectivity index (χ4v) is 1.99. The normalized spacial score (nSPS) is 13.9. The van der Waals surface area contributed by atoms with Crippen molar-refractivity contribution in [2.45, 2.75) is 6.92 Å². The maximum atomic E-state index is 5.32. The monoisotopic (exact) mass is 613 g/mol. The van der Waals surface area contributed by atoms with Gasteiger partial charge in [-0.05, 0) is 83.3 Å². The summed E-state index contributed by atoms with van der Waals surface area (Å²) in [6.07, 6.45) is 6.98. The number of likely N-dealkylation sites (N-methyl/N-ethyl adjacent to an activating group) is 2.